The zero-order valence-electron chi connectivity index (χ0n) is 13.5. The van der Waals surface area contributed by atoms with Gasteiger partial charge >= 0.3 is 0 Å². The Balaban J connectivity index is 1.54. The fraction of sp³-hybridized carbons (Fsp3) is 0.211. The van der Waals surface area contributed by atoms with E-state index in [1.54, 1.807) is 4.90 Å². The number of anilines is 1. The Bertz CT molecular complexity index is 960. The molecule has 25 heavy (non-hydrogen) atoms. The van der Waals surface area contributed by atoms with E-state index >= 15 is 0 Å². The fourth-order valence-corrected chi connectivity index (χ4v) is 3.97. The molecule has 0 spiro atoms. The number of rotatable bonds is 3. The van der Waals surface area contributed by atoms with Crippen LogP contribution in [-0.4, -0.2) is 28.9 Å². The summed E-state index contributed by atoms with van der Waals surface area (Å²) in [7, 11) is 0. The van der Waals surface area contributed by atoms with Crippen LogP contribution >= 0.6 is 11.3 Å². The quantitative estimate of drug-likeness (QED) is 0.733. The van der Waals surface area contributed by atoms with Gasteiger partial charge in [-0.25, -0.2) is 4.98 Å². The second-order valence-corrected chi connectivity index (χ2v) is 7.12. The lowest BCUT2D eigenvalue weighted by atomic mass is 10.1. The van der Waals surface area contributed by atoms with Crippen LogP contribution in [0.1, 0.15) is 6.42 Å². The molecule has 0 aliphatic carbocycles. The highest BCUT2D eigenvalue weighted by Gasteiger charge is 2.28. The van der Waals surface area contributed by atoms with Crippen molar-refractivity contribution in [3.8, 4) is 17.3 Å². The van der Waals surface area contributed by atoms with Crippen LogP contribution in [0.5, 0.6) is 0 Å². The minimum atomic E-state index is -0.147. The monoisotopic (exact) mass is 348 g/mol. The third kappa shape index (κ3) is 3.19. The van der Waals surface area contributed by atoms with E-state index in [0.29, 0.717) is 24.6 Å². The minimum absolute atomic E-state index is 0.0555. The van der Waals surface area contributed by atoms with Gasteiger partial charge in [0, 0.05) is 13.1 Å². The van der Waals surface area contributed by atoms with Gasteiger partial charge in [-0.1, -0.05) is 47.7 Å². The standard InChI is InChI=1S/C19H16N4OS/c20-12-23-9-8-15(11-23)18(24)22-19-21-16-7-6-14(10-17(16)25-19)13-4-2-1-3-5-13/h1-7,10,15H,8-9,11H2,(H,21,22,24). The van der Waals surface area contributed by atoms with Gasteiger partial charge in [-0.3, -0.25) is 4.79 Å². The molecule has 1 N–H and O–H groups in total. The van der Waals surface area contributed by atoms with Crippen LogP contribution in [0.15, 0.2) is 48.5 Å². The molecule has 6 heteroatoms. The Labute approximate surface area is 149 Å². The molecule has 1 amide bonds. The van der Waals surface area contributed by atoms with E-state index in [1.807, 2.05) is 30.3 Å². The van der Waals surface area contributed by atoms with Crippen LogP contribution in [0.4, 0.5) is 5.13 Å². The Morgan fingerprint density at radius 2 is 2.08 bits per heavy atom. The van der Waals surface area contributed by atoms with Crippen LogP contribution in [0.25, 0.3) is 21.3 Å². The van der Waals surface area contributed by atoms with Crippen molar-refractivity contribution in [2.45, 2.75) is 6.42 Å². The van der Waals surface area contributed by atoms with Crippen molar-refractivity contribution in [1.82, 2.24) is 9.88 Å². The van der Waals surface area contributed by atoms with Crippen molar-refractivity contribution >= 4 is 32.6 Å². The summed E-state index contributed by atoms with van der Waals surface area (Å²) in [4.78, 5) is 18.5. The maximum absolute atomic E-state index is 12.4. The highest BCUT2D eigenvalue weighted by Crippen LogP contribution is 2.31. The molecule has 0 bridgehead atoms. The molecule has 5 nitrogen and oxygen atoms in total. The maximum atomic E-state index is 12.4. The van der Waals surface area contributed by atoms with Crippen molar-refractivity contribution in [3.63, 3.8) is 0 Å². The zero-order valence-corrected chi connectivity index (χ0v) is 14.3. The van der Waals surface area contributed by atoms with E-state index in [9.17, 15) is 4.79 Å². The third-order valence-electron chi connectivity index (χ3n) is 4.43. The average Bonchev–Trinajstić information content (AvgIpc) is 3.28. The van der Waals surface area contributed by atoms with E-state index in [1.165, 1.54) is 11.3 Å². The van der Waals surface area contributed by atoms with Crippen LogP contribution in [0.3, 0.4) is 0 Å². The molecule has 0 saturated carbocycles. The Morgan fingerprint density at radius 3 is 2.84 bits per heavy atom. The van der Waals surface area contributed by atoms with Gasteiger partial charge in [0.05, 0.1) is 16.1 Å². The average molecular weight is 348 g/mol. The lowest BCUT2D eigenvalue weighted by Gasteiger charge is -2.08. The van der Waals surface area contributed by atoms with Gasteiger partial charge in [-0.2, -0.15) is 5.26 Å². The second-order valence-electron chi connectivity index (χ2n) is 6.09. The first-order chi connectivity index (χ1) is 12.2. The van der Waals surface area contributed by atoms with E-state index in [-0.39, 0.29) is 11.8 Å². The number of hydrogen-bond donors (Lipinski definition) is 1. The molecule has 2 heterocycles. The van der Waals surface area contributed by atoms with E-state index in [2.05, 4.69) is 34.7 Å². The highest BCUT2D eigenvalue weighted by molar-refractivity contribution is 7.22. The highest BCUT2D eigenvalue weighted by atomic mass is 32.1. The van der Waals surface area contributed by atoms with E-state index < -0.39 is 0 Å². The largest absolute Gasteiger partial charge is 0.310 e. The number of fused-ring (bicyclic) bond motifs is 1. The number of amides is 1. The van der Waals surface area contributed by atoms with Crippen molar-refractivity contribution < 1.29 is 4.79 Å². The summed E-state index contributed by atoms with van der Waals surface area (Å²) in [5.41, 5.74) is 3.17. The van der Waals surface area contributed by atoms with Crippen LogP contribution in [0.2, 0.25) is 0 Å². The molecule has 1 unspecified atom stereocenters. The Kier molecular flexibility index (Phi) is 4.08. The lowest BCUT2D eigenvalue weighted by Crippen LogP contribution is -2.25. The fourth-order valence-electron chi connectivity index (χ4n) is 3.06. The van der Waals surface area contributed by atoms with Crippen LogP contribution in [0, 0.1) is 17.4 Å². The first-order valence-corrected chi connectivity index (χ1v) is 8.96. The normalized spacial score (nSPS) is 16.8. The molecule has 1 fully saturated rings. The SMILES string of the molecule is N#CN1CCC(C(=O)Nc2nc3ccc(-c4ccccc4)cc3s2)C1. The molecule has 1 saturated heterocycles. The number of aromatic nitrogens is 1. The lowest BCUT2D eigenvalue weighted by molar-refractivity contribution is -0.119. The van der Waals surface area contributed by atoms with Crippen molar-refractivity contribution in [3.05, 3.63) is 48.5 Å². The number of hydrogen-bond acceptors (Lipinski definition) is 5. The zero-order chi connectivity index (χ0) is 17.2. The number of nitrogens with zero attached hydrogens (tertiary/aromatic N) is 3. The topological polar surface area (TPSA) is 69.0 Å². The number of thiazole rings is 1. The molecule has 1 aliphatic heterocycles. The summed E-state index contributed by atoms with van der Waals surface area (Å²) < 4.78 is 1.04. The first-order valence-electron chi connectivity index (χ1n) is 8.14. The number of carbonyl (C=O) groups excluding carboxylic acids is 1. The number of benzene rings is 2. The summed E-state index contributed by atoms with van der Waals surface area (Å²) in [5.74, 6) is -0.202. The maximum Gasteiger partial charge on any atom is 0.231 e. The molecule has 0 radical (unpaired) electrons. The van der Waals surface area contributed by atoms with Gasteiger partial charge in [-0.05, 0) is 29.7 Å². The van der Waals surface area contributed by atoms with Crippen molar-refractivity contribution in [2.24, 2.45) is 5.92 Å². The minimum Gasteiger partial charge on any atom is -0.310 e. The van der Waals surface area contributed by atoms with Gasteiger partial charge in [0.2, 0.25) is 5.91 Å². The second kappa shape index (κ2) is 6.54. The molecule has 1 aliphatic rings. The van der Waals surface area contributed by atoms with E-state index in [0.717, 1.165) is 21.3 Å². The molecular formula is C19H16N4OS. The molecule has 1 atom stereocenters. The smallest absolute Gasteiger partial charge is 0.231 e. The summed E-state index contributed by atoms with van der Waals surface area (Å²) in [6.45, 7) is 1.14. The van der Waals surface area contributed by atoms with Gasteiger partial charge < -0.3 is 10.2 Å². The van der Waals surface area contributed by atoms with Crippen LogP contribution < -0.4 is 5.32 Å². The summed E-state index contributed by atoms with van der Waals surface area (Å²) in [6, 6.07) is 16.3. The molecule has 2 aromatic carbocycles. The predicted molar refractivity (Wildman–Crippen MR) is 99.0 cm³/mol. The van der Waals surface area contributed by atoms with Gasteiger partial charge in [0.25, 0.3) is 0 Å². The number of likely N-dealkylation sites (tertiary alicyclic amines) is 1. The molecule has 124 valence electrons. The van der Waals surface area contributed by atoms with Crippen molar-refractivity contribution in [2.75, 3.05) is 18.4 Å². The summed E-state index contributed by atoms with van der Waals surface area (Å²) in [6.07, 6.45) is 2.81. The third-order valence-corrected chi connectivity index (χ3v) is 5.36. The molecular weight excluding hydrogens is 332 g/mol. The van der Waals surface area contributed by atoms with Gasteiger partial charge in [0.1, 0.15) is 0 Å². The summed E-state index contributed by atoms with van der Waals surface area (Å²) >= 11 is 1.48. The summed E-state index contributed by atoms with van der Waals surface area (Å²) in [5, 5.41) is 12.4. The molecule has 1 aromatic heterocycles. The number of nitrogens with one attached hydrogen (secondary N) is 1. The number of nitriles is 1. The Hall–Kier alpha value is -2.91. The van der Waals surface area contributed by atoms with Gasteiger partial charge in [0.15, 0.2) is 11.3 Å². The Morgan fingerprint density at radius 1 is 1.24 bits per heavy atom. The van der Waals surface area contributed by atoms with Crippen molar-refractivity contribution in [1.29, 1.82) is 5.26 Å². The number of carbonyl (C=O) groups is 1. The predicted octanol–water partition coefficient (Wildman–Crippen LogP) is 3.70. The molecule has 3 aromatic rings. The van der Waals surface area contributed by atoms with Gasteiger partial charge in [-0.15, -0.1) is 0 Å². The van der Waals surface area contributed by atoms with E-state index in [4.69, 9.17) is 5.26 Å². The first kappa shape index (κ1) is 15.6. The van der Waals surface area contributed by atoms with Crippen LogP contribution in [-0.2, 0) is 4.79 Å². The molecule has 4 rings (SSSR count).